The predicted molar refractivity (Wildman–Crippen MR) is 96.2 cm³/mol. The molecule has 0 aliphatic carbocycles. The van der Waals surface area contributed by atoms with E-state index in [1.54, 1.807) is 18.4 Å². The van der Waals surface area contributed by atoms with E-state index in [0.717, 1.165) is 22.7 Å². The number of rotatable bonds is 4. The average Bonchev–Trinajstić information content (AvgIpc) is 2.90. The first-order chi connectivity index (χ1) is 11.2. The Hall–Kier alpha value is -2.40. The third-order valence-corrected chi connectivity index (χ3v) is 4.74. The molecular formula is C18H19N3OS. The topological polar surface area (TPSA) is 38.9 Å². The van der Waals surface area contributed by atoms with Gasteiger partial charge in [-0.05, 0) is 36.8 Å². The first kappa shape index (κ1) is 15.5. The molecule has 0 unspecified atom stereocenters. The minimum Gasteiger partial charge on any atom is -0.497 e. The second-order valence-corrected chi connectivity index (χ2v) is 6.38. The van der Waals surface area contributed by atoms with E-state index in [1.165, 1.54) is 15.8 Å². The van der Waals surface area contributed by atoms with Gasteiger partial charge in [0, 0.05) is 19.2 Å². The van der Waals surface area contributed by atoms with Crippen molar-refractivity contribution in [1.29, 1.82) is 0 Å². The molecule has 118 valence electrons. The highest BCUT2D eigenvalue weighted by Crippen LogP contribution is 2.15. The molecule has 0 spiro atoms. The van der Waals surface area contributed by atoms with Gasteiger partial charge in [-0.1, -0.05) is 35.6 Å². The molecule has 0 saturated heterocycles. The predicted octanol–water partition coefficient (Wildman–Crippen LogP) is 3.77. The molecule has 1 heterocycles. The fraction of sp³-hybridized carbons (Fsp3) is 0.222. The number of ether oxygens (including phenoxy) is 1. The molecule has 5 heteroatoms. The summed E-state index contributed by atoms with van der Waals surface area (Å²) >= 11 is 1.65. The number of aryl methyl sites for hydroxylation is 1. The van der Waals surface area contributed by atoms with Crippen molar-refractivity contribution in [2.45, 2.75) is 13.3 Å². The summed E-state index contributed by atoms with van der Waals surface area (Å²) < 4.78 is 8.46. The molecule has 0 aliphatic heterocycles. The zero-order chi connectivity index (χ0) is 16.2. The van der Waals surface area contributed by atoms with E-state index >= 15 is 0 Å². The first-order valence-corrected chi connectivity index (χ1v) is 8.23. The van der Waals surface area contributed by atoms with Crippen molar-refractivity contribution >= 4 is 27.3 Å². The molecule has 4 nitrogen and oxygen atoms in total. The van der Waals surface area contributed by atoms with Gasteiger partial charge in [-0.25, -0.2) is 0 Å². The van der Waals surface area contributed by atoms with Crippen molar-refractivity contribution in [3.63, 3.8) is 0 Å². The number of methoxy groups -OCH3 is 1. The summed E-state index contributed by atoms with van der Waals surface area (Å²) in [5.74, 6) is 0.866. The van der Waals surface area contributed by atoms with Crippen LogP contribution in [0.25, 0.3) is 10.2 Å². The Labute approximate surface area is 139 Å². The smallest absolute Gasteiger partial charge is 0.211 e. The highest BCUT2D eigenvalue weighted by Gasteiger charge is 2.01. The molecular weight excluding hydrogens is 306 g/mol. The third kappa shape index (κ3) is 3.51. The minimum atomic E-state index is 0.780. The van der Waals surface area contributed by atoms with Crippen LogP contribution in [-0.2, 0) is 13.5 Å². The van der Waals surface area contributed by atoms with Gasteiger partial charge >= 0.3 is 0 Å². The van der Waals surface area contributed by atoms with Gasteiger partial charge in [0.15, 0.2) is 0 Å². The molecule has 0 amide bonds. The second-order valence-electron chi connectivity index (χ2n) is 5.37. The van der Waals surface area contributed by atoms with E-state index in [4.69, 9.17) is 4.74 Å². The number of hydrogen-bond acceptors (Lipinski definition) is 4. The van der Waals surface area contributed by atoms with Crippen LogP contribution in [0, 0.1) is 0 Å². The van der Waals surface area contributed by atoms with E-state index in [9.17, 15) is 0 Å². The van der Waals surface area contributed by atoms with Crippen molar-refractivity contribution in [2.24, 2.45) is 17.3 Å². The van der Waals surface area contributed by atoms with Gasteiger partial charge in [0.1, 0.15) is 5.75 Å². The number of thiazole rings is 1. The molecule has 1 aromatic heterocycles. The summed E-state index contributed by atoms with van der Waals surface area (Å²) in [6.45, 7) is 2.00. The number of para-hydroxylation sites is 1. The number of fused-ring (bicyclic) bond motifs is 1. The highest BCUT2D eigenvalue weighted by molar-refractivity contribution is 7.16. The van der Waals surface area contributed by atoms with Crippen molar-refractivity contribution in [1.82, 2.24) is 4.57 Å². The summed E-state index contributed by atoms with van der Waals surface area (Å²) in [4.78, 5) is 0.903. The van der Waals surface area contributed by atoms with Gasteiger partial charge in [-0.3, -0.25) is 0 Å². The molecule has 0 atom stereocenters. The molecule has 0 saturated carbocycles. The van der Waals surface area contributed by atoms with Crippen LogP contribution in [0.2, 0.25) is 0 Å². The monoisotopic (exact) mass is 325 g/mol. The van der Waals surface area contributed by atoms with Gasteiger partial charge in [-0.2, -0.15) is 5.10 Å². The van der Waals surface area contributed by atoms with E-state index in [2.05, 4.69) is 39.0 Å². The number of aromatic nitrogens is 1. The Morgan fingerprint density at radius 3 is 2.57 bits per heavy atom. The number of nitrogens with zero attached hydrogens (tertiary/aromatic N) is 3. The lowest BCUT2D eigenvalue weighted by atomic mass is 10.1. The van der Waals surface area contributed by atoms with Gasteiger partial charge in [0.25, 0.3) is 0 Å². The summed E-state index contributed by atoms with van der Waals surface area (Å²) in [7, 11) is 3.69. The molecule has 0 fully saturated rings. The maximum Gasteiger partial charge on any atom is 0.211 e. The maximum atomic E-state index is 5.17. The highest BCUT2D eigenvalue weighted by atomic mass is 32.1. The molecule has 3 aromatic rings. The van der Waals surface area contributed by atoms with E-state index < -0.39 is 0 Å². The quantitative estimate of drug-likeness (QED) is 0.531. The van der Waals surface area contributed by atoms with E-state index in [-0.39, 0.29) is 0 Å². The lowest BCUT2D eigenvalue weighted by molar-refractivity contribution is 0.414. The normalized spacial score (nSPS) is 12.8. The van der Waals surface area contributed by atoms with Crippen molar-refractivity contribution < 1.29 is 4.74 Å². The van der Waals surface area contributed by atoms with Crippen LogP contribution in [0.5, 0.6) is 5.75 Å². The fourth-order valence-electron chi connectivity index (χ4n) is 2.38. The lowest BCUT2D eigenvalue weighted by Crippen LogP contribution is -2.09. The van der Waals surface area contributed by atoms with Gasteiger partial charge in [-0.15, -0.1) is 5.10 Å². The van der Waals surface area contributed by atoms with Crippen LogP contribution in [0.15, 0.2) is 58.7 Å². The van der Waals surface area contributed by atoms with Crippen LogP contribution >= 0.6 is 11.3 Å². The summed E-state index contributed by atoms with van der Waals surface area (Å²) in [6, 6.07) is 16.3. The Balaban J connectivity index is 1.83. The number of hydrogen-bond donors (Lipinski definition) is 0. The first-order valence-electron chi connectivity index (χ1n) is 7.42. The standard InChI is InChI=1S/C18H19N3OS/c1-13(12-14-8-10-15(22-3)11-9-14)19-20-18-21(2)16-6-4-5-7-17(16)23-18/h4-11H,12H2,1-3H3/b19-13+,20-18-. The molecule has 0 bridgehead atoms. The van der Waals surface area contributed by atoms with Crippen LogP contribution in [0.4, 0.5) is 0 Å². The van der Waals surface area contributed by atoms with Crippen molar-refractivity contribution in [3.05, 3.63) is 58.9 Å². The Morgan fingerprint density at radius 1 is 1.13 bits per heavy atom. The molecule has 2 aromatic carbocycles. The minimum absolute atomic E-state index is 0.780. The van der Waals surface area contributed by atoms with Crippen molar-refractivity contribution in [2.75, 3.05) is 7.11 Å². The fourth-order valence-corrected chi connectivity index (χ4v) is 3.35. The molecule has 0 aliphatic rings. The zero-order valence-corrected chi connectivity index (χ0v) is 14.3. The van der Waals surface area contributed by atoms with E-state index in [1.807, 2.05) is 38.2 Å². The second kappa shape index (κ2) is 6.79. The molecule has 23 heavy (non-hydrogen) atoms. The van der Waals surface area contributed by atoms with Gasteiger partial charge in [0.2, 0.25) is 4.80 Å². The molecule has 3 rings (SSSR count). The largest absolute Gasteiger partial charge is 0.497 e. The van der Waals surface area contributed by atoms with Crippen LogP contribution < -0.4 is 9.54 Å². The van der Waals surface area contributed by atoms with E-state index in [0.29, 0.717) is 0 Å². The lowest BCUT2D eigenvalue weighted by Gasteiger charge is -2.02. The van der Waals surface area contributed by atoms with Gasteiger partial charge in [0.05, 0.1) is 17.3 Å². The number of benzene rings is 2. The molecule has 0 radical (unpaired) electrons. The Morgan fingerprint density at radius 2 is 1.87 bits per heavy atom. The zero-order valence-electron chi connectivity index (χ0n) is 13.5. The third-order valence-electron chi connectivity index (χ3n) is 3.64. The average molecular weight is 325 g/mol. The van der Waals surface area contributed by atoms with Crippen LogP contribution in [0.3, 0.4) is 0 Å². The molecule has 0 N–H and O–H groups in total. The van der Waals surface area contributed by atoms with Crippen LogP contribution in [-0.4, -0.2) is 17.4 Å². The van der Waals surface area contributed by atoms with Gasteiger partial charge < -0.3 is 9.30 Å². The summed E-state index contributed by atoms with van der Waals surface area (Å²) in [5.41, 5.74) is 3.36. The van der Waals surface area contributed by atoms with Crippen molar-refractivity contribution in [3.8, 4) is 5.75 Å². The maximum absolute atomic E-state index is 5.17. The Kier molecular flexibility index (Phi) is 4.57. The summed E-state index contributed by atoms with van der Waals surface area (Å²) in [5, 5.41) is 8.81. The SMILES string of the molecule is COc1ccc(C/C(C)=N/N=c2\sc3ccccc3n2C)cc1. The summed E-state index contributed by atoms with van der Waals surface area (Å²) in [6.07, 6.45) is 0.780. The van der Waals surface area contributed by atoms with Crippen LogP contribution in [0.1, 0.15) is 12.5 Å². The Bertz CT molecular complexity index is 904.